The smallest absolute Gasteiger partial charge is 0.0455 e. The number of hydrogen-bond acceptors (Lipinski definition) is 4. The lowest BCUT2D eigenvalue weighted by Gasteiger charge is -2.17. The number of nitrogens with one attached hydrogen (secondary N) is 2. The summed E-state index contributed by atoms with van der Waals surface area (Å²) in [5, 5.41) is 6.97. The van der Waals surface area contributed by atoms with Crippen LogP contribution in [0.4, 0.5) is 5.69 Å². The van der Waals surface area contributed by atoms with E-state index < -0.39 is 0 Å². The van der Waals surface area contributed by atoms with E-state index in [1.807, 2.05) is 83.4 Å². The summed E-state index contributed by atoms with van der Waals surface area (Å²) >= 11 is 10.1. The highest BCUT2D eigenvalue weighted by Gasteiger charge is 2.10. The Morgan fingerprint density at radius 3 is 2.33 bits per heavy atom. The molecule has 27 heavy (non-hydrogen) atoms. The van der Waals surface area contributed by atoms with Gasteiger partial charge in [-0.25, -0.2) is 0 Å². The molecule has 2 aromatic carbocycles. The molecule has 150 valence electrons. The van der Waals surface area contributed by atoms with E-state index in [2.05, 4.69) is 29.8 Å². The second-order valence-electron chi connectivity index (χ2n) is 5.78. The van der Waals surface area contributed by atoms with Gasteiger partial charge in [0.15, 0.2) is 0 Å². The van der Waals surface area contributed by atoms with E-state index in [1.165, 1.54) is 0 Å². The van der Waals surface area contributed by atoms with Crippen LogP contribution in [0.5, 0.6) is 0 Å². The molecule has 0 amide bonds. The van der Waals surface area contributed by atoms with Crippen LogP contribution < -0.4 is 16.4 Å². The molecule has 5 heteroatoms. The Bertz CT molecular complexity index is 676. The molecule has 4 N–H and O–H groups in total. The van der Waals surface area contributed by atoms with Gasteiger partial charge < -0.3 is 16.4 Å². The molecule has 2 atom stereocenters. The van der Waals surface area contributed by atoms with Crippen LogP contribution in [0.15, 0.2) is 60.0 Å². The van der Waals surface area contributed by atoms with E-state index in [1.54, 1.807) is 0 Å². The summed E-state index contributed by atoms with van der Waals surface area (Å²) in [6, 6.07) is 14.1. The monoisotopic (exact) mass is 407 g/mol. The Hall–Kier alpha value is -1.46. The molecule has 0 fully saturated rings. The maximum Gasteiger partial charge on any atom is 0.0455 e. The molecule has 0 aromatic heterocycles. The Morgan fingerprint density at radius 1 is 1.19 bits per heavy atom. The van der Waals surface area contributed by atoms with Crippen LogP contribution >= 0.6 is 24.2 Å². The normalized spacial score (nSPS) is 11.9. The van der Waals surface area contributed by atoms with Crippen molar-refractivity contribution >= 4 is 29.9 Å². The maximum absolute atomic E-state index is 6.09. The number of anilines is 1. The lowest BCUT2D eigenvalue weighted by atomic mass is 10.0. The summed E-state index contributed by atoms with van der Waals surface area (Å²) in [6.45, 7) is 9.75. The van der Waals surface area contributed by atoms with Crippen LogP contribution in [0.25, 0.3) is 0 Å². The summed E-state index contributed by atoms with van der Waals surface area (Å²) in [7, 11) is 3.79. The van der Waals surface area contributed by atoms with Crippen LogP contribution in [0.3, 0.4) is 0 Å². The topological polar surface area (TPSA) is 50.1 Å². The third-order valence-electron chi connectivity index (χ3n) is 3.92. The fourth-order valence-corrected chi connectivity index (χ4v) is 2.66. The van der Waals surface area contributed by atoms with Gasteiger partial charge in [0.05, 0.1) is 0 Å². The van der Waals surface area contributed by atoms with Gasteiger partial charge in [-0.05, 0) is 55.8 Å². The summed E-state index contributed by atoms with van der Waals surface area (Å²) in [5.74, 6) is 0. The van der Waals surface area contributed by atoms with Crippen LogP contribution in [0.2, 0.25) is 5.02 Å². The molecule has 0 saturated carbocycles. The zero-order chi connectivity index (χ0) is 20.8. The summed E-state index contributed by atoms with van der Waals surface area (Å²) in [6.07, 6.45) is 2.72. The lowest BCUT2D eigenvalue weighted by Crippen LogP contribution is -2.27. The number of benzene rings is 2. The predicted molar refractivity (Wildman–Crippen MR) is 125 cm³/mol. The first-order valence-corrected chi connectivity index (χ1v) is 10.0. The highest BCUT2D eigenvalue weighted by Crippen LogP contribution is 2.19. The average Bonchev–Trinajstić information content (AvgIpc) is 2.70. The van der Waals surface area contributed by atoms with Crippen LogP contribution in [-0.4, -0.2) is 20.1 Å². The third kappa shape index (κ3) is 9.87. The van der Waals surface area contributed by atoms with Crippen molar-refractivity contribution in [1.29, 1.82) is 0 Å². The Balaban J connectivity index is 0.000000488. The fourth-order valence-electron chi connectivity index (χ4n) is 2.25. The van der Waals surface area contributed by atoms with Gasteiger partial charge in [0.25, 0.3) is 0 Å². The third-order valence-corrected chi connectivity index (χ3v) is 4.61. The molecule has 0 aliphatic rings. The van der Waals surface area contributed by atoms with Gasteiger partial charge in [0, 0.05) is 34.7 Å². The van der Waals surface area contributed by atoms with E-state index in [4.69, 9.17) is 17.3 Å². The predicted octanol–water partition coefficient (Wildman–Crippen LogP) is 5.86. The quantitative estimate of drug-likeness (QED) is 0.358. The van der Waals surface area contributed by atoms with Crippen molar-refractivity contribution in [3.63, 3.8) is 0 Å². The Morgan fingerprint density at radius 2 is 1.85 bits per heavy atom. The number of aryl methyl sites for hydroxylation is 1. The second kappa shape index (κ2) is 14.6. The molecule has 2 aromatic rings. The molecule has 2 rings (SSSR count). The zero-order valence-electron chi connectivity index (χ0n) is 17.1. The highest BCUT2D eigenvalue weighted by atomic mass is 35.5. The van der Waals surface area contributed by atoms with Gasteiger partial charge in [0.2, 0.25) is 0 Å². The van der Waals surface area contributed by atoms with Gasteiger partial charge in [-0.1, -0.05) is 49.7 Å². The molecule has 0 radical (unpaired) electrons. The van der Waals surface area contributed by atoms with Crippen LogP contribution in [0.1, 0.15) is 37.4 Å². The number of hydrogen-bond donors (Lipinski definition) is 4. The molecule has 0 aliphatic carbocycles. The molecule has 0 heterocycles. The lowest BCUT2D eigenvalue weighted by molar-refractivity contribution is 0.541. The number of likely N-dealkylation sites (N-methyl/N-ethyl adjacent to an activating group) is 1. The maximum atomic E-state index is 6.09. The fraction of sp³-hybridized carbons (Fsp3) is 0.364. The molecule has 0 saturated heterocycles. The highest BCUT2D eigenvalue weighted by molar-refractivity contribution is 7.80. The van der Waals surface area contributed by atoms with E-state index in [0.29, 0.717) is 0 Å². The second-order valence-corrected chi connectivity index (χ2v) is 6.71. The first kappa shape index (κ1) is 25.5. The van der Waals surface area contributed by atoms with Crippen molar-refractivity contribution in [3.05, 3.63) is 71.3 Å². The number of nitrogens with two attached hydrogens (primary N) is 1. The Kier molecular flexibility index (Phi) is 13.8. The van der Waals surface area contributed by atoms with Gasteiger partial charge in [-0.2, -0.15) is 0 Å². The van der Waals surface area contributed by atoms with Gasteiger partial charge in [-0.3, -0.25) is 0 Å². The van der Waals surface area contributed by atoms with Gasteiger partial charge in [-0.15, -0.1) is 19.2 Å². The first-order valence-electron chi connectivity index (χ1n) is 9.19. The average molecular weight is 408 g/mol. The summed E-state index contributed by atoms with van der Waals surface area (Å²) in [4.78, 5) is 0.947. The minimum atomic E-state index is 0.0209. The SMILES string of the molecule is C=CC(CC(N)c1cccc(S)c1)NC.CC.CNc1ccc(C)c(Cl)c1. The first-order chi connectivity index (χ1) is 12.9. The largest absolute Gasteiger partial charge is 0.388 e. The Labute approximate surface area is 175 Å². The van der Waals surface area contributed by atoms with Crippen molar-refractivity contribution in [2.45, 2.75) is 44.2 Å². The molecular weight excluding hydrogens is 374 g/mol. The number of rotatable bonds is 6. The summed E-state index contributed by atoms with van der Waals surface area (Å²) < 4.78 is 0. The van der Waals surface area contributed by atoms with Crippen molar-refractivity contribution in [2.75, 3.05) is 19.4 Å². The molecule has 0 bridgehead atoms. The van der Waals surface area contributed by atoms with Crippen LogP contribution in [0, 0.1) is 6.92 Å². The van der Waals surface area contributed by atoms with Crippen molar-refractivity contribution in [1.82, 2.24) is 5.32 Å². The van der Waals surface area contributed by atoms with Crippen molar-refractivity contribution in [2.24, 2.45) is 5.73 Å². The molecular formula is C22H34ClN3S. The number of thiol groups is 1. The van der Waals surface area contributed by atoms with Gasteiger partial charge >= 0.3 is 0 Å². The van der Waals surface area contributed by atoms with E-state index in [-0.39, 0.29) is 12.1 Å². The van der Waals surface area contributed by atoms with Crippen LogP contribution in [-0.2, 0) is 0 Å². The summed E-state index contributed by atoms with van der Waals surface area (Å²) in [5.41, 5.74) is 9.37. The van der Waals surface area contributed by atoms with Crippen molar-refractivity contribution in [3.8, 4) is 0 Å². The molecule has 2 unspecified atom stereocenters. The molecule has 0 spiro atoms. The van der Waals surface area contributed by atoms with Gasteiger partial charge in [0.1, 0.15) is 0 Å². The minimum Gasteiger partial charge on any atom is -0.388 e. The van der Waals surface area contributed by atoms with E-state index >= 15 is 0 Å². The minimum absolute atomic E-state index is 0.0209. The van der Waals surface area contributed by atoms with E-state index in [0.717, 1.165) is 33.2 Å². The van der Waals surface area contributed by atoms with E-state index in [9.17, 15) is 0 Å². The standard InChI is InChI=1S/C12H18N2S.C8H10ClN.C2H6/c1-3-10(14-2)8-12(13)9-5-4-6-11(15)7-9;1-6-3-4-7(10-2)5-8(6)9;1-2/h3-7,10,12,14-15H,1,8,13H2,2H3;3-5,10H,1-2H3;1-2H3. The zero-order valence-corrected chi connectivity index (χ0v) is 18.7. The molecule has 0 aliphatic heterocycles. The van der Waals surface area contributed by atoms with Crippen molar-refractivity contribution < 1.29 is 0 Å². The molecule has 3 nitrogen and oxygen atoms in total. The number of halogens is 1.